The number of likely N-dealkylation sites (tertiary alicyclic amines) is 1. The van der Waals surface area contributed by atoms with E-state index in [1.165, 1.54) is 5.41 Å². The van der Waals surface area contributed by atoms with Crippen molar-refractivity contribution in [3.8, 4) is 0 Å². The van der Waals surface area contributed by atoms with Crippen LogP contribution in [0.2, 0.25) is 0 Å². The van der Waals surface area contributed by atoms with Gasteiger partial charge in [-0.05, 0) is 23.3 Å². The minimum Gasteiger partial charge on any atom is -0.488 e. The Morgan fingerprint density at radius 3 is 2.08 bits per heavy atom. The monoisotopic (exact) mass is 537 g/mol. The highest BCUT2D eigenvalue weighted by molar-refractivity contribution is 7.90. The Balaban J connectivity index is 1.29. The third kappa shape index (κ3) is 6.36. The van der Waals surface area contributed by atoms with E-state index in [0.717, 1.165) is 11.1 Å². The van der Waals surface area contributed by atoms with E-state index < -0.39 is 39.9 Å². The molecule has 7 nitrogen and oxygen atoms in total. The van der Waals surface area contributed by atoms with Gasteiger partial charge in [-0.2, -0.15) is 0 Å². The lowest BCUT2D eigenvalue weighted by Gasteiger charge is -2.21. The summed E-state index contributed by atoms with van der Waals surface area (Å²) in [4.78, 5) is 15.5. The molecule has 37 heavy (non-hydrogen) atoms. The van der Waals surface area contributed by atoms with Crippen molar-refractivity contribution in [3.05, 3.63) is 107 Å². The van der Waals surface area contributed by atoms with Crippen molar-refractivity contribution in [2.75, 3.05) is 18.8 Å². The Labute approximate surface area is 221 Å². The minimum atomic E-state index is -1.50. The van der Waals surface area contributed by atoms with Crippen LogP contribution in [-0.2, 0) is 49.0 Å². The second kappa shape index (κ2) is 11.9. The summed E-state index contributed by atoms with van der Waals surface area (Å²) in [5.74, 6) is 0.467. The van der Waals surface area contributed by atoms with Crippen LogP contribution in [0.5, 0.6) is 0 Å². The maximum Gasteiger partial charge on any atom is 0.410 e. The molecule has 0 saturated carbocycles. The van der Waals surface area contributed by atoms with Crippen LogP contribution < -0.4 is 0 Å². The van der Waals surface area contributed by atoms with Crippen LogP contribution in [0.15, 0.2) is 106 Å². The van der Waals surface area contributed by atoms with Gasteiger partial charge in [0, 0.05) is 5.41 Å². The number of carbonyl (C=O) groups excluding carboxylic acids is 1. The Morgan fingerprint density at radius 1 is 0.784 bits per heavy atom. The Kier molecular flexibility index (Phi) is 8.13. The van der Waals surface area contributed by atoms with E-state index in [-0.39, 0.29) is 25.4 Å². The predicted octanol–water partition coefficient (Wildman–Crippen LogP) is 4.38. The zero-order valence-corrected chi connectivity index (χ0v) is 21.7. The van der Waals surface area contributed by atoms with Crippen LogP contribution in [0.4, 0.5) is 4.79 Å². The summed E-state index contributed by atoms with van der Waals surface area (Å²) in [6, 6.07) is 26.2. The highest BCUT2D eigenvalue weighted by Gasteiger charge is 2.39. The van der Waals surface area contributed by atoms with E-state index in [9.17, 15) is 13.2 Å². The molecule has 2 heterocycles. The Bertz CT molecular complexity index is 1310. The molecule has 0 bridgehead atoms. The summed E-state index contributed by atoms with van der Waals surface area (Å²) in [6.45, 7) is 1.03. The lowest BCUT2D eigenvalue weighted by atomic mass is 10.2. The van der Waals surface area contributed by atoms with Crippen LogP contribution in [-0.4, -0.2) is 50.5 Å². The van der Waals surface area contributed by atoms with Gasteiger partial charge < -0.3 is 19.1 Å². The summed E-state index contributed by atoms with van der Waals surface area (Å²) in [5.41, 5.74) is 1.89. The summed E-state index contributed by atoms with van der Waals surface area (Å²) in [6.07, 6.45) is -1.44. The van der Waals surface area contributed by atoms with Crippen molar-refractivity contribution in [3.63, 3.8) is 0 Å². The topological polar surface area (TPSA) is 82.1 Å². The van der Waals surface area contributed by atoms with Gasteiger partial charge in [0.05, 0.1) is 56.8 Å². The number of hydrogen-bond acceptors (Lipinski definition) is 6. The highest BCUT2D eigenvalue weighted by atomic mass is 32.2. The van der Waals surface area contributed by atoms with Gasteiger partial charge in [-0.1, -0.05) is 72.8 Å². The fourth-order valence-electron chi connectivity index (χ4n) is 4.24. The molecule has 2 aliphatic heterocycles. The summed E-state index contributed by atoms with van der Waals surface area (Å²) in [5, 5.41) is 1.51. The normalized spacial score (nSPS) is 23.0. The van der Waals surface area contributed by atoms with E-state index in [4.69, 9.17) is 14.2 Å². The Morgan fingerprint density at radius 2 is 1.38 bits per heavy atom. The average molecular weight is 538 g/mol. The number of carbonyl (C=O) groups is 1. The van der Waals surface area contributed by atoms with Crippen molar-refractivity contribution >= 4 is 27.7 Å². The Hall–Kier alpha value is -3.27. The molecule has 9 heteroatoms. The standard InChI is InChI=1S/C28H27NO6S2/c30-28(34-18-22-11-5-2-6-12-22)29-15-24(33-17-21-9-3-1-4-10-21)25(16-29)35-23-19-36(31)26-13-7-8-14-27(26)37(32)20-23/h1-14,19,24-25H,15-18,20H2/t24-,25+,36?,37?/m1/s1. The quantitative estimate of drug-likeness (QED) is 0.445. The van der Waals surface area contributed by atoms with Crippen molar-refractivity contribution < 1.29 is 27.4 Å². The van der Waals surface area contributed by atoms with E-state index in [2.05, 4.69) is 0 Å². The van der Waals surface area contributed by atoms with Crippen molar-refractivity contribution in [1.82, 2.24) is 4.90 Å². The van der Waals surface area contributed by atoms with Crippen LogP contribution in [0, 0.1) is 0 Å². The number of rotatable bonds is 7. The molecule has 192 valence electrons. The van der Waals surface area contributed by atoms with Gasteiger partial charge in [0.1, 0.15) is 24.6 Å². The van der Waals surface area contributed by atoms with E-state index >= 15 is 0 Å². The average Bonchev–Trinajstić information content (AvgIpc) is 3.28. The van der Waals surface area contributed by atoms with Crippen LogP contribution in [0.1, 0.15) is 11.1 Å². The fourth-order valence-corrected chi connectivity index (χ4v) is 6.94. The fraction of sp³-hybridized carbons (Fsp3) is 0.250. The molecule has 1 fully saturated rings. The zero-order valence-electron chi connectivity index (χ0n) is 20.1. The molecule has 0 aromatic heterocycles. The molecule has 1 amide bonds. The molecule has 0 radical (unpaired) electrons. The van der Waals surface area contributed by atoms with Gasteiger partial charge in [0.2, 0.25) is 0 Å². The maximum absolute atomic E-state index is 13.0. The molecule has 4 atom stereocenters. The van der Waals surface area contributed by atoms with Gasteiger partial charge in [0.15, 0.2) is 0 Å². The third-order valence-corrected chi connectivity index (χ3v) is 8.90. The number of benzene rings is 3. The van der Waals surface area contributed by atoms with Crippen molar-refractivity contribution in [2.24, 2.45) is 0 Å². The van der Waals surface area contributed by atoms with E-state index in [0.29, 0.717) is 22.2 Å². The second-order valence-corrected chi connectivity index (χ2v) is 11.4. The lowest BCUT2D eigenvalue weighted by Crippen LogP contribution is -2.30. The van der Waals surface area contributed by atoms with E-state index in [1.54, 1.807) is 29.2 Å². The number of fused-ring (bicyclic) bond motifs is 1. The smallest absolute Gasteiger partial charge is 0.410 e. The third-order valence-electron chi connectivity index (χ3n) is 6.11. The van der Waals surface area contributed by atoms with Gasteiger partial charge in [-0.15, -0.1) is 0 Å². The summed E-state index contributed by atoms with van der Waals surface area (Å²) < 4.78 is 43.8. The molecule has 5 rings (SSSR count). The highest BCUT2D eigenvalue weighted by Crippen LogP contribution is 2.28. The molecular weight excluding hydrogens is 510 g/mol. The first-order valence-corrected chi connectivity index (χ1v) is 14.5. The van der Waals surface area contributed by atoms with Crippen LogP contribution >= 0.6 is 0 Å². The first-order chi connectivity index (χ1) is 18.1. The van der Waals surface area contributed by atoms with Crippen molar-refractivity contribution in [2.45, 2.75) is 35.2 Å². The second-order valence-electron chi connectivity index (χ2n) is 8.75. The van der Waals surface area contributed by atoms with Crippen LogP contribution in [0.3, 0.4) is 0 Å². The summed E-state index contributed by atoms with van der Waals surface area (Å²) >= 11 is 0. The van der Waals surface area contributed by atoms with E-state index in [1.807, 2.05) is 60.7 Å². The predicted molar refractivity (Wildman–Crippen MR) is 140 cm³/mol. The lowest BCUT2D eigenvalue weighted by molar-refractivity contribution is -0.0300. The van der Waals surface area contributed by atoms with Gasteiger partial charge in [-0.3, -0.25) is 4.21 Å². The molecule has 0 N–H and O–H groups in total. The van der Waals surface area contributed by atoms with Gasteiger partial charge in [-0.25, -0.2) is 9.00 Å². The van der Waals surface area contributed by atoms with Gasteiger partial charge >= 0.3 is 6.09 Å². The number of nitrogens with zero attached hydrogens (tertiary/aromatic N) is 1. The molecular formula is C28H27NO6S2. The first-order valence-electron chi connectivity index (χ1n) is 11.9. The maximum atomic E-state index is 13.0. The molecule has 0 spiro atoms. The first kappa shape index (κ1) is 25.4. The minimum absolute atomic E-state index is 0.100. The molecule has 0 aliphatic carbocycles. The van der Waals surface area contributed by atoms with Crippen LogP contribution in [0.25, 0.3) is 0 Å². The number of amides is 1. The summed E-state index contributed by atoms with van der Waals surface area (Å²) in [7, 11) is -2.90. The SMILES string of the molecule is O=C(OCc1ccccc1)N1C[C@H](OC2=CS(=O)c3ccccc3S(=O)C2)[C@H](OCc2ccccc2)C1. The molecule has 1 saturated heterocycles. The largest absolute Gasteiger partial charge is 0.488 e. The van der Waals surface area contributed by atoms with Crippen molar-refractivity contribution in [1.29, 1.82) is 0 Å². The molecule has 3 aromatic carbocycles. The molecule has 2 aliphatic rings. The number of hydrogen-bond donors (Lipinski definition) is 0. The van der Waals surface area contributed by atoms with Gasteiger partial charge in [0.25, 0.3) is 0 Å². The number of ether oxygens (including phenoxy) is 3. The zero-order chi connectivity index (χ0) is 25.6. The molecule has 3 aromatic rings. The molecule has 2 unspecified atom stereocenters.